The lowest BCUT2D eigenvalue weighted by molar-refractivity contribution is -0.139. The van der Waals surface area contributed by atoms with Crippen molar-refractivity contribution in [1.29, 1.82) is 0 Å². The lowest BCUT2D eigenvalue weighted by Crippen LogP contribution is -2.55. The van der Waals surface area contributed by atoms with Gasteiger partial charge in [-0.2, -0.15) is 0 Å². The maximum absolute atomic E-state index is 13.7. The van der Waals surface area contributed by atoms with E-state index >= 15 is 0 Å². The zero-order valence-corrected chi connectivity index (χ0v) is 27.3. The largest absolute Gasteiger partial charge is 0.458 e. The summed E-state index contributed by atoms with van der Waals surface area (Å²) in [4.78, 5) is 64.0. The summed E-state index contributed by atoms with van der Waals surface area (Å²) in [5, 5.41) is 8.25. The van der Waals surface area contributed by atoms with E-state index in [9.17, 15) is 24.0 Å². The van der Waals surface area contributed by atoms with Crippen LogP contribution in [0.3, 0.4) is 0 Å². The van der Waals surface area contributed by atoms with E-state index in [4.69, 9.17) is 15.2 Å². The minimum Gasteiger partial charge on any atom is -0.458 e. The molecule has 48 heavy (non-hydrogen) atoms. The van der Waals surface area contributed by atoms with Crippen molar-refractivity contribution in [3.8, 4) is 0 Å². The van der Waals surface area contributed by atoms with Gasteiger partial charge in [-0.25, -0.2) is 9.59 Å². The first-order valence-electron chi connectivity index (χ1n) is 15.9. The van der Waals surface area contributed by atoms with E-state index in [1.165, 1.54) is 12.2 Å². The Bertz CT molecular complexity index is 1500. The second kappa shape index (κ2) is 19.9. The minimum absolute atomic E-state index is 0.0292. The van der Waals surface area contributed by atoms with Crippen molar-refractivity contribution in [1.82, 2.24) is 16.0 Å². The third-order valence-electron chi connectivity index (χ3n) is 7.16. The molecule has 3 atom stereocenters. The van der Waals surface area contributed by atoms with Gasteiger partial charge in [-0.3, -0.25) is 14.4 Å². The lowest BCUT2D eigenvalue weighted by Gasteiger charge is -2.25. The summed E-state index contributed by atoms with van der Waals surface area (Å²) in [7, 11) is 0. The number of alkyl carbamates (subject to hydrolysis) is 1. The van der Waals surface area contributed by atoms with Gasteiger partial charge in [-0.05, 0) is 35.4 Å². The van der Waals surface area contributed by atoms with Gasteiger partial charge in [0.25, 0.3) is 0 Å². The summed E-state index contributed by atoms with van der Waals surface area (Å²) >= 11 is 0. The molecule has 3 rings (SSSR count). The molecule has 3 aromatic carbocycles. The zero-order chi connectivity index (χ0) is 34.7. The van der Waals surface area contributed by atoms with Crippen LogP contribution in [-0.4, -0.2) is 47.9 Å². The highest BCUT2D eigenvalue weighted by atomic mass is 16.5. The van der Waals surface area contributed by atoms with Gasteiger partial charge in [0.2, 0.25) is 17.7 Å². The van der Waals surface area contributed by atoms with Crippen LogP contribution in [0, 0.1) is 5.92 Å². The Morgan fingerprint density at radius 1 is 0.688 bits per heavy atom. The Morgan fingerprint density at radius 2 is 1.21 bits per heavy atom. The molecular formula is C37H44N4O7. The summed E-state index contributed by atoms with van der Waals surface area (Å²) in [6.07, 6.45) is 2.33. The summed E-state index contributed by atoms with van der Waals surface area (Å²) in [6, 6.07) is 24.6. The molecule has 0 aliphatic heterocycles. The van der Waals surface area contributed by atoms with Gasteiger partial charge in [-0.15, -0.1) is 0 Å². The summed E-state index contributed by atoms with van der Waals surface area (Å²) in [5.41, 5.74) is 7.75. The highest BCUT2D eigenvalue weighted by Gasteiger charge is 2.29. The normalized spacial score (nSPS) is 12.8. The van der Waals surface area contributed by atoms with Gasteiger partial charge < -0.3 is 31.2 Å². The lowest BCUT2D eigenvalue weighted by atomic mass is 10.0. The van der Waals surface area contributed by atoms with Gasteiger partial charge >= 0.3 is 12.1 Å². The number of nitrogens with two attached hydrogens (primary N) is 1. The average molecular weight is 657 g/mol. The SMILES string of the molecule is CC(C)C[C@H](NC(=O)OCc1ccccc1)C(=O)N[C@@H](Cc1ccccc1)C(=O)N[C@H](/C=C/C(=O)OCc1ccccc1)CCC(N)=O. The monoisotopic (exact) mass is 656 g/mol. The Kier molecular flexibility index (Phi) is 15.4. The van der Waals surface area contributed by atoms with Crippen molar-refractivity contribution in [2.45, 2.75) is 70.9 Å². The Labute approximate surface area is 281 Å². The van der Waals surface area contributed by atoms with Crippen LogP contribution < -0.4 is 21.7 Å². The molecule has 0 aromatic heterocycles. The van der Waals surface area contributed by atoms with Gasteiger partial charge in [0.05, 0.1) is 0 Å². The molecule has 0 bridgehead atoms. The Morgan fingerprint density at radius 3 is 1.75 bits per heavy atom. The first kappa shape index (κ1) is 37.0. The van der Waals surface area contributed by atoms with Crippen LogP contribution in [0.15, 0.2) is 103 Å². The summed E-state index contributed by atoms with van der Waals surface area (Å²) in [6.45, 7) is 3.92. The van der Waals surface area contributed by atoms with Crippen LogP contribution in [0.1, 0.15) is 49.8 Å². The topological polar surface area (TPSA) is 166 Å². The number of amides is 4. The average Bonchev–Trinajstić information content (AvgIpc) is 3.08. The molecule has 0 saturated heterocycles. The maximum atomic E-state index is 13.7. The van der Waals surface area contributed by atoms with E-state index in [-0.39, 0.29) is 38.4 Å². The van der Waals surface area contributed by atoms with Crippen LogP contribution in [0.25, 0.3) is 0 Å². The number of hydrogen-bond acceptors (Lipinski definition) is 7. The molecule has 5 N–H and O–H groups in total. The van der Waals surface area contributed by atoms with Gasteiger partial charge in [0.1, 0.15) is 25.3 Å². The number of carbonyl (C=O) groups excluding carboxylic acids is 5. The molecule has 254 valence electrons. The number of rotatable bonds is 18. The Hall–Kier alpha value is -5.45. The number of benzene rings is 3. The van der Waals surface area contributed by atoms with Crippen molar-refractivity contribution in [3.63, 3.8) is 0 Å². The number of primary amides is 1. The quantitative estimate of drug-likeness (QED) is 0.118. The van der Waals surface area contributed by atoms with Crippen LogP contribution in [0.4, 0.5) is 4.79 Å². The van der Waals surface area contributed by atoms with Crippen molar-refractivity contribution in [2.75, 3.05) is 0 Å². The third-order valence-corrected chi connectivity index (χ3v) is 7.16. The van der Waals surface area contributed by atoms with Crippen molar-refractivity contribution in [2.24, 2.45) is 11.7 Å². The molecule has 11 nitrogen and oxygen atoms in total. The maximum Gasteiger partial charge on any atom is 0.408 e. The first-order chi connectivity index (χ1) is 23.1. The molecule has 3 aromatic rings. The molecule has 0 saturated carbocycles. The number of carbonyl (C=O) groups is 5. The fourth-order valence-electron chi connectivity index (χ4n) is 4.71. The number of nitrogens with one attached hydrogen (secondary N) is 3. The standard InChI is InChI=1S/C37H44N4O7/c1-26(2)22-31(41-37(46)48-25-29-16-10-5-11-17-29)36(45)40-32(23-27-12-6-3-7-13-27)35(44)39-30(18-20-33(38)42)19-21-34(43)47-24-28-14-8-4-9-15-28/h3-17,19,21,26,30-32H,18,20,22-25H2,1-2H3,(H2,38,42)(H,39,44)(H,40,45)(H,41,46)/b21-19+/t30-,31-,32-/m0/s1. The van der Waals surface area contributed by atoms with E-state index < -0.39 is 47.9 Å². The Balaban J connectivity index is 1.72. The number of hydrogen-bond donors (Lipinski definition) is 4. The number of ether oxygens (including phenoxy) is 2. The molecule has 0 unspecified atom stereocenters. The van der Waals surface area contributed by atoms with Gasteiger partial charge in [0, 0.05) is 25.0 Å². The molecule has 0 radical (unpaired) electrons. The van der Waals surface area contributed by atoms with Crippen molar-refractivity contribution in [3.05, 3.63) is 120 Å². The fraction of sp³-hybridized carbons (Fsp3) is 0.324. The summed E-state index contributed by atoms with van der Waals surface area (Å²) < 4.78 is 10.6. The van der Waals surface area contributed by atoms with E-state index in [0.717, 1.165) is 16.7 Å². The summed E-state index contributed by atoms with van der Waals surface area (Å²) in [5.74, 6) is -2.30. The van der Waals surface area contributed by atoms with Crippen LogP contribution in [0.5, 0.6) is 0 Å². The first-order valence-corrected chi connectivity index (χ1v) is 15.9. The van der Waals surface area contributed by atoms with Crippen molar-refractivity contribution < 1.29 is 33.4 Å². The molecule has 0 aliphatic rings. The van der Waals surface area contributed by atoms with E-state index in [0.29, 0.717) is 6.42 Å². The molecule has 0 heterocycles. The third kappa shape index (κ3) is 14.3. The van der Waals surface area contributed by atoms with E-state index in [1.54, 1.807) is 0 Å². The van der Waals surface area contributed by atoms with Gasteiger partial charge in [-0.1, -0.05) is 111 Å². The van der Waals surface area contributed by atoms with Crippen molar-refractivity contribution >= 4 is 29.8 Å². The second-order valence-electron chi connectivity index (χ2n) is 11.7. The molecule has 0 fully saturated rings. The zero-order valence-electron chi connectivity index (χ0n) is 27.3. The molecular weight excluding hydrogens is 612 g/mol. The van der Waals surface area contributed by atoms with Crippen LogP contribution in [-0.2, 0) is 48.3 Å². The highest BCUT2D eigenvalue weighted by molar-refractivity contribution is 5.92. The van der Waals surface area contributed by atoms with Crippen LogP contribution in [0.2, 0.25) is 0 Å². The van der Waals surface area contributed by atoms with Crippen LogP contribution >= 0.6 is 0 Å². The van der Waals surface area contributed by atoms with E-state index in [2.05, 4.69) is 16.0 Å². The number of esters is 1. The molecule has 0 spiro atoms. The smallest absolute Gasteiger partial charge is 0.408 e. The predicted molar refractivity (Wildman–Crippen MR) is 181 cm³/mol. The molecule has 11 heteroatoms. The second-order valence-corrected chi connectivity index (χ2v) is 11.7. The predicted octanol–water partition coefficient (Wildman–Crippen LogP) is 4.10. The van der Waals surface area contributed by atoms with Gasteiger partial charge in [0.15, 0.2) is 0 Å². The fourth-order valence-corrected chi connectivity index (χ4v) is 4.71. The van der Waals surface area contributed by atoms with E-state index in [1.807, 2.05) is 105 Å². The molecule has 4 amide bonds. The molecule has 0 aliphatic carbocycles. The minimum atomic E-state index is -1.06. The highest BCUT2D eigenvalue weighted by Crippen LogP contribution is 2.10.